The van der Waals surface area contributed by atoms with Crippen molar-refractivity contribution in [3.8, 4) is 0 Å². The van der Waals surface area contributed by atoms with Gasteiger partial charge in [-0.25, -0.2) is 9.59 Å². The second-order valence-electron chi connectivity index (χ2n) is 6.67. The van der Waals surface area contributed by atoms with Crippen molar-refractivity contribution in [2.75, 3.05) is 18.9 Å². The molecule has 0 unspecified atom stereocenters. The van der Waals surface area contributed by atoms with Crippen LogP contribution in [0.15, 0.2) is 35.2 Å². The SMILES string of the molecule is Cc1[nH]c(C(=O)OCC(=O)NCCSc2ccccc2)c(C)c1C(=O)OC(C)C. The Bertz CT molecular complexity index is 861. The van der Waals surface area contributed by atoms with Crippen LogP contribution in [0.3, 0.4) is 0 Å². The van der Waals surface area contributed by atoms with E-state index in [9.17, 15) is 14.4 Å². The van der Waals surface area contributed by atoms with Crippen LogP contribution in [0.1, 0.15) is 46.0 Å². The summed E-state index contributed by atoms with van der Waals surface area (Å²) < 4.78 is 10.3. The molecule has 29 heavy (non-hydrogen) atoms. The Morgan fingerprint density at radius 1 is 1.10 bits per heavy atom. The number of carbonyl (C=O) groups is 3. The van der Waals surface area contributed by atoms with Crippen LogP contribution in [0.4, 0.5) is 0 Å². The van der Waals surface area contributed by atoms with Crippen LogP contribution in [-0.4, -0.2) is 47.8 Å². The maximum Gasteiger partial charge on any atom is 0.355 e. The maximum absolute atomic E-state index is 12.3. The second-order valence-corrected chi connectivity index (χ2v) is 7.83. The first-order valence-corrected chi connectivity index (χ1v) is 10.3. The molecule has 1 aromatic carbocycles. The summed E-state index contributed by atoms with van der Waals surface area (Å²) in [4.78, 5) is 40.4. The molecule has 0 atom stereocenters. The van der Waals surface area contributed by atoms with Gasteiger partial charge in [-0.3, -0.25) is 4.79 Å². The first-order chi connectivity index (χ1) is 13.8. The molecule has 0 aliphatic heterocycles. The van der Waals surface area contributed by atoms with Crippen LogP contribution < -0.4 is 5.32 Å². The topological polar surface area (TPSA) is 97.5 Å². The van der Waals surface area contributed by atoms with Crippen LogP contribution in [0.5, 0.6) is 0 Å². The highest BCUT2D eigenvalue weighted by atomic mass is 32.2. The van der Waals surface area contributed by atoms with E-state index in [2.05, 4.69) is 10.3 Å². The number of hydrogen-bond donors (Lipinski definition) is 2. The average Bonchev–Trinajstić information content (AvgIpc) is 2.98. The normalized spacial score (nSPS) is 10.7. The molecule has 0 fully saturated rings. The van der Waals surface area contributed by atoms with E-state index in [1.807, 2.05) is 30.3 Å². The van der Waals surface area contributed by atoms with E-state index < -0.39 is 18.5 Å². The summed E-state index contributed by atoms with van der Waals surface area (Å²) in [5, 5.41) is 2.71. The highest BCUT2D eigenvalue weighted by molar-refractivity contribution is 7.99. The third kappa shape index (κ3) is 6.67. The van der Waals surface area contributed by atoms with Crippen molar-refractivity contribution < 1.29 is 23.9 Å². The van der Waals surface area contributed by atoms with Crippen LogP contribution in [0, 0.1) is 13.8 Å². The van der Waals surface area contributed by atoms with Crippen molar-refractivity contribution in [2.45, 2.75) is 38.7 Å². The lowest BCUT2D eigenvalue weighted by Crippen LogP contribution is -2.30. The molecule has 2 rings (SSSR count). The van der Waals surface area contributed by atoms with E-state index in [0.717, 1.165) is 4.90 Å². The molecule has 0 aliphatic rings. The summed E-state index contributed by atoms with van der Waals surface area (Å²) in [6.45, 7) is 6.89. The predicted octanol–water partition coefficient (Wildman–Crippen LogP) is 3.26. The number of carbonyl (C=O) groups excluding carboxylic acids is 3. The fourth-order valence-electron chi connectivity index (χ4n) is 2.66. The molecule has 1 amide bonds. The van der Waals surface area contributed by atoms with E-state index in [-0.39, 0.29) is 17.7 Å². The molecule has 8 heteroatoms. The summed E-state index contributed by atoms with van der Waals surface area (Å²) in [5.74, 6) is -0.866. The van der Waals surface area contributed by atoms with Crippen molar-refractivity contribution >= 4 is 29.6 Å². The third-order valence-corrected chi connectivity index (χ3v) is 4.97. The first-order valence-electron chi connectivity index (χ1n) is 9.31. The van der Waals surface area contributed by atoms with Gasteiger partial charge in [-0.05, 0) is 45.4 Å². The molecule has 2 aromatic rings. The molecular weight excluding hydrogens is 392 g/mol. The van der Waals surface area contributed by atoms with Crippen LogP contribution >= 0.6 is 11.8 Å². The quantitative estimate of drug-likeness (QED) is 0.369. The Hall–Kier alpha value is -2.74. The van der Waals surface area contributed by atoms with E-state index >= 15 is 0 Å². The van der Waals surface area contributed by atoms with Gasteiger partial charge >= 0.3 is 11.9 Å². The highest BCUT2D eigenvalue weighted by Gasteiger charge is 2.24. The highest BCUT2D eigenvalue weighted by Crippen LogP contribution is 2.20. The Labute approximate surface area is 174 Å². The number of H-pyrrole nitrogens is 1. The minimum absolute atomic E-state index is 0.144. The average molecular weight is 419 g/mol. The van der Waals surface area contributed by atoms with E-state index in [0.29, 0.717) is 29.1 Å². The molecule has 156 valence electrons. The van der Waals surface area contributed by atoms with Gasteiger partial charge in [0.1, 0.15) is 5.69 Å². The molecule has 0 saturated heterocycles. The second kappa shape index (κ2) is 10.7. The zero-order chi connectivity index (χ0) is 21.4. The summed E-state index contributed by atoms with van der Waals surface area (Å²) in [6, 6.07) is 9.86. The van der Waals surface area contributed by atoms with E-state index in [1.54, 1.807) is 39.5 Å². The summed E-state index contributed by atoms with van der Waals surface area (Å²) in [5.41, 5.74) is 1.42. The molecular formula is C21H26N2O5S. The molecule has 7 nitrogen and oxygen atoms in total. The van der Waals surface area contributed by atoms with Crippen LogP contribution in [0.25, 0.3) is 0 Å². The van der Waals surface area contributed by atoms with Gasteiger partial charge in [0.25, 0.3) is 5.91 Å². The number of amides is 1. The molecule has 0 saturated carbocycles. The van der Waals surface area contributed by atoms with Gasteiger partial charge in [-0.15, -0.1) is 11.8 Å². The maximum atomic E-state index is 12.3. The first kappa shape index (κ1) is 22.5. The Balaban J connectivity index is 1.81. The summed E-state index contributed by atoms with van der Waals surface area (Å²) >= 11 is 1.63. The van der Waals surface area contributed by atoms with E-state index in [1.165, 1.54) is 0 Å². The number of esters is 2. The molecule has 0 bridgehead atoms. The zero-order valence-electron chi connectivity index (χ0n) is 17.0. The number of rotatable bonds is 9. The van der Waals surface area contributed by atoms with Gasteiger partial charge in [0.15, 0.2) is 6.61 Å². The third-order valence-electron chi connectivity index (χ3n) is 3.96. The van der Waals surface area contributed by atoms with Crippen molar-refractivity contribution in [3.05, 3.63) is 52.8 Å². The molecule has 2 N–H and O–H groups in total. The van der Waals surface area contributed by atoms with Gasteiger partial charge in [-0.1, -0.05) is 18.2 Å². The summed E-state index contributed by atoms with van der Waals surface area (Å²) in [6.07, 6.45) is -0.268. The van der Waals surface area contributed by atoms with Crippen molar-refractivity contribution in [2.24, 2.45) is 0 Å². The van der Waals surface area contributed by atoms with Crippen molar-refractivity contribution in [1.82, 2.24) is 10.3 Å². The summed E-state index contributed by atoms with van der Waals surface area (Å²) in [7, 11) is 0. The number of aryl methyl sites for hydroxylation is 1. The van der Waals surface area contributed by atoms with Crippen molar-refractivity contribution in [1.29, 1.82) is 0 Å². The molecule has 1 heterocycles. The Kier molecular flexibility index (Phi) is 8.33. The fraction of sp³-hybridized carbons (Fsp3) is 0.381. The van der Waals surface area contributed by atoms with Gasteiger partial charge in [0, 0.05) is 22.9 Å². The minimum Gasteiger partial charge on any atom is -0.459 e. The van der Waals surface area contributed by atoms with Crippen molar-refractivity contribution in [3.63, 3.8) is 0 Å². The fourth-order valence-corrected chi connectivity index (χ4v) is 3.45. The predicted molar refractivity (Wildman–Crippen MR) is 111 cm³/mol. The number of ether oxygens (including phenoxy) is 2. The Morgan fingerprint density at radius 3 is 2.45 bits per heavy atom. The number of aromatic amines is 1. The number of benzene rings is 1. The number of aromatic nitrogens is 1. The Morgan fingerprint density at radius 2 is 1.79 bits per heavy atom. The minimum atomic E-state index is -0.692. The van der Waals surface area contributed by atoms with Crippen LogP contribution in [0.2, 0.25) is 0 Å². The van der Waals surface area contributed by atoms with Gasteiger partial charge in [0.2, 0.25) is 0 Å². The lowest BCUT2D eigenvalue weighted by molar-refractivity contribution is -0.124. The number of hydrogen-bond acceptors (Lipinski definition) is 6. The lowest BCUT2D eigenvalue weighted by atomic mass is 10.1. The number of thioether (sulfide) groups is 1. The lowest BCUT2D eigenvalue weighted by Gasteiger charge is -2.08. The number of nitrogens with one attached hydrogen (secondary N) is 2. The van der Waals surface area contributed by atoms with Gasteiger partial charge in [-0.2, -0.15) is 0 Å². The molecule has 0 radical (unpaired) electrons. The zero-order valence-corrected chi connectivity index (χ0v) is 17.9. The van der Waals surface area contributed by atoms with Gasteiger partial charge < -0.3 is 19.8 Å². The molecule has 0 spiro atoms. The smallest absolute Gasteiger partial charge is 0.355 e. The van der Waals surface area contributed by atoms with Crippen LogP contribution in [-0.2, 0) is 14.3 Å². The van der Waals surface area contributed by atoms with E-state index in [4.69, 9.17) is 9.47 Å². The standard InChI is InChI=1S/C21H26N2O5S/c1-13(2)28-20(25)18-14(3)19(23-15(18)4)21(26)27-12-17(24)22-10-11-29-16-8-6-5-7-9-16/h5-9,13,23H,10-12H2,1-4H3,(H,22,24). The largest absolute Gasteiger partial charge is 0.459 e. The molecule has 0 aliphatic carbocycles. The van der Waals surface area contributed by atoms with Gasteiger partial charge in [0.05, 0.1) is 11.7 Å². The molecule has 1 aromatic heterocycles. The monoisotopic (exact) mass is 418 g/mol.